The van der Waals surface area contributed by atoms with Gasteiger partial charge in [0.1, 0.15) is 0 Å². The van der Waals surface area contributed by atoms with E-state index in [4.69, 9.17) is 5.73 Å². The SMILES string of the molecule is CCCCNS(=O)(=O)c1ccccc1-c1ccc(N)cc1. The lowest BCUT2D eigenvalue weighted by Gasteiger charge is -2.11. The molecular weight excluding hydrogens is 284 g/mol. The fourth-order valence-corrected chi connectivity index (χ4v) is 3.36. The van der Waals surface area contributed by atoms with Crippen molar-refractivity contribution < 1.29 is 8.42 Å². The standard InChI is InChI=1S/C16H20N2O2S/c1-2-3-12-18-21(19,20)16-7-5-4-6-15(16)13-8-10-14(17)11-9-13/h4-11,18H,2-3,12,17H2,1H3. The summed E-state index contributed by atoms with van der Waals surface area (Å²) in [6.07, 6.45) is 1.77. The van der Waals surface area contributed by atoms with Gasteiger partial charge in [0.25, 0.3) is 0 Å². The summed E-state index contributed by atoms with van der Waals surface area (Å²) < 4.78 is 27.5. The lowest BCUT2D eigenvalue weighted by Crippen LogP contribution is -2.25. The quantitative estimate of drug-likeness (QED) is 0.636. The van der Waals surface area contributed by atoms with Crippen LogP contribution in [-0.4, -0.2) is 15.0 Å². The summed E-state index contributed by atoms with van der Waals surface area (Å²) in [7, 11) is -3.50. The summed E-state index contributed by atoms with van der Waals surface area (Å²) >= 11 is 0. The van der Waals surface area contributed by atoms with Crippen LogP contribution in [0.4, 0.5) is 5.69 Å². The number of nitrogens with one attached hydrogen (secondary N) is 1. The molecule has 0 aliphatic rings. The first-order valence-corrected chi connectivity index (χ1v) is 8.47. The van der Waals surface area contributed by atoms with Crippen LogP contribution in [0.1, 0.15) is 19.8 Å². The molecule has 0 aliphatic heterocycles. The average Bonchev–Trinajstić information content (AvgIpc) is 2.48. The van der Waals surface area contributed by atoms with Crippen LogP contribution in [0.3, 0.4) is 0 Å². The smallest absolute Gasteiger partial charge is 0.241 e. The molecule has 21 heavy (non-hydrogen) atoms. The number of anilines is 1. The van der Waals surface area contributed by atoms with E-state index in [0.717, 1.165) is 18.4 Å². The second-order valence-corrected chi connectivity index (χ2v) is 6.60. The molecule has 0 saturated carbocycles. The van der Waals surface area contributed by atoms with E-state index in [-0.39, 0.29) is 0 Å². The van der Waals surface area contributed by atoms with Crippen LogP contribution < -0.4 is 10.5 Å². The first kappa shape index (κ1) is 15.5. The van der Waals surface area contributed by atoms with Gasteiger partial charge >= 0.3 is 0 Å². The van der Waals surface area contributed by atoms with Crippen LogP contribution in [0.2, 0.25) is 0 Å². The first-order valence-electron chi connectivity index (χ1n) is 6.99. The third-order valence-electron chi connectivity index (χ3n) is 3.22. The maximum absolute atomic E-state index is 12.4. The van der Waals surface area contributed by atoms with E-state index in [1.54, 1.807) is 30.3 Å². The van der Waals surface area contributed by atoms with Crippen molar-refractivity contribution in [1.82, 2.24) is 4.72 Å². The van der Waals surface area contributed by atoms with E-state index in [2.05, 4.69) is 4.72 Å². The van der Waals surface area contributed by atoms with E-state index in [9.17, 15) is 8.42 Å². The first-order chi connectivity index (χ1) is 10.0. The Morgan fingerprint density at radius 1 is 1.05 bits per heavy atom. The van der Waals surface area contributed by atoms with E-state index < -0.39 is 10.0 Å². The highest BCUT2D eigenvalue weighted by Crippen LogP contribution is 2.27. The zero-order valence-corrected chi connectivity index (χ0v) is 12.9. The molecule has 0 bridgehead atoms. The second-order valence-electron chi connectivity index (χ2n) is 4.87. The van der Waals surface area contributed by atoms with Crippen molar-refractivity contribution in [3.05, 3.63) is 48.5 Å². The van der Waals surface area contributed by atoms with Crippen LogP contribution >= 0.6 is 0 Å². The maximum Gasteiger partial charge on any atom is 0.241 e. The molecule has 2 rings (SSSR count). The Balaban J connectivity index is 2.39. The van der Waals surface area contributed by atoms with Gasteiger partial charge in [-0.1, -0.05) is 43.7 Å². The highest BCUT2D eigenvalue weighted by atomic mass is 32.2. The summed E-state index contributed by atoms with van der Waals surface area (Å²) in [5.74, 6) is 0. The second kappa shape index (κ2) is 6.74. The lowest BCUT2D eigenvalue weighted by molar-refractivity contribution is 0.578. The average molecular weight is 304 g/mol. The van der Waals surface area contributed by atoms with Gasteiger partial charge in [0.2, 0.25) is 10.0 Å². The number of nitrogens with two attached hydrogens (primary N) is 1. The molecule has 3 N–H and O–H groups in total. The number of hydrogen-bond acceptors (Lipinski definition) is 3. The molecule has 5 heteroatoms. The highest BCUT2D eigenvalue weighted by Gasteiger charge is 2.18. The highest BCUT2D eigenvalue weighted by molar-refractivity contribution is 7.89. The molecule has 0 aromatic heterocycles. The fourth-order valence-electron chi connectivity index (χ4n) is 2.06. The molecular formula is C16H20N2O2S. The van der Waals surface area contributed by atoms with Crippen LogP contribution in [0, 0.1) is 0 Å². The molecule has 0 saturated heterocycles. The Morgan fingerprint density at radius 2 is 1.71 bits per heavy atom. The van der Waals surface area contributed by atoms with E-state index in [1.165, 1.54) is 0 Å². The zero-order valence-electron chi connectivity index (χ0n) is 12.0. The van der Waals surface area contributed by atoms with Crippen molar-refractivity contribution in [3.63, 3.8) is 0 Å². The van der Waals surface area contributed by atoms with Gasteiger partial charge in [-0.05, 0) is 30.2 Å². The summed E-state index contributed by atoms with van der Waals surface area (Å²) in [5.41, 5.74) is 7.85. The third-order valence-corrected chi connectivity index (χ3v) is 4.74. The number of sulfonamides is 1. The minimum absolute atomic E-state index is 0.297. The number of nitrogen functional groups attached to an aromatic ring is 1. The van der Waals surface area contributed by atoms with Crippen LogP contribution in [0.5, 0.6) is 0 Å². The Morgan fingerprint density at radius 3 is 2.38 bits per heavy atom. The number of unbranched alkanes of at least 4 members (excludes halogenated alkanes) is 1. The van der Waals surface area contributed by atoms with Crippen molar-refractivity contribution in [1.29, 1.82) is 0 Å². The minimum atomic E-state index is -3.50. The molecule has 0 spiro atoms. The Kier molecular flexibility index (Phi) is 4.98. The molecule has 0 aliphatic carbocycles. The maximum atomic E-state index is 12.4. The van der Waals surface area contributed by atoms with Crippen LogP contribution in [0.25, 0.3) is 11.1 Å². The molecule has 2 aromatic rings. The zero-order chi connectivity index (χ0) is 15.3. The lowest BCUT2D eigenvalue weighted by atomic mass is 10.1. The summed E-state index contributed by atoms with van der Waals surface area (Å²) in [4.78, 5) is 0.297. The minimum Gasteiger partial charge on any atom is -0.399 e. The molecule has 0 atom stereocenters. The summed E-state index contributed by atoms with van der Waals surface area (Å²) in [6, 6.07) is 14.2. The number of rotatable bonds is 6. The number of benzene rings is 2. The van der Waals surface area contributed by atoms with Gasteiger partial charge in [0.15, 0.2) is 0 Å². The molecule has 112 valence electrons. The Labute approximate surface area is 126 Å². The third kappa shape index (κ3) is 3.83. The van der Waals surface area contributed by atoms with Gasteiger partial charge in [0.05, 0.1) is 4.90 Å². The molecule has 0 unspecified atom stereocenters. The van der Waals surface area contributed by atoms with Crippen molar-refractivity contribution in [2.45, 2.75) is 24.7 Å². The normalized spacial score (nSPS) is 11.5. The molecule has 0 radical (unpaired) electrons. The van der Waals surface area contributed by atoms with Crippen molar-refractivity contribution in [2.24, 2.45) is 0 Å². The number of hydrogen-bond donors (Lipinski definition) is 2. The van der Waals surface area contributed by atoms with Gasteiger partial charge in [0, 0.05) is 17.8 Å². The molecule has 0 fully saturated rings. The molecule has 0 amide bonds. The molecule has 2 aromatic carbocycles. The van der Waals surface area contributed by atoms with Gasteiger partial charge in [-0.2, -0.15) is 0 Å². The predicted molar refractivity (Wildman–Crippen MR) is 86.4 cm³/mol. The fraction of sp³-hybridized carbons (Fsp3) is 0.250. The van der Waals surface area contributed by atoms with E-state index in [0.29, 0.717) is 22.7 Å². The van der Waals surface area contributed by atoms with Gasteiger partial charge in [-0.15, -0.1) is 0 Å². The molecule has 0 heterocycles. The van der Waals surface area contributed by atoms with Gasteiger partial charge in [-0.3, -0.25) is 0 Å². The summed E-state index contributed by atoms with van der Waals surface area (Å²) in [6.45, 7) is 2.48. The monoisotopic (exact) mass is 304 g/mol. The van der Waals surface area contributed by atoms with E-state index >= 15 is 0 Å². The van der Waals surface area contributed by atoms with Crippen LogP contribution in [-0.2, 0) is 10.0 Å². The molecule has 4 nitrogen and oxygen atoms in total. The van der Waals surface area contributed by atoms with Crippen molar-refractivity contribution >= 4 is 15.7 Å². The Hall–Kier alpha value is -1.85. The Bertz CT molecular complexity index is 694. The summed E-state index contributed by atoms with van der Waals surface area (Å²) in [5, 5.41) is 0. The van der Waals surface area contributed by atoms with Crippen molar-refractivity contribution in [2.75, 3.05) is 12.3 Å². The van der Waals surface area contributed by atoms with Crippen molar-refractivity contribution in [3.8, 4) is 11.1 Å². The largest absolute Gasteiger partial charge is 0.399 e. The van der Waals surface area contributed by atoms with E-state index in [1.807, 2.05) is 25.1 Å². The van der Waals surface area contributed by atoms with Crippen LogP contribution in [0.15, 0.2) is 53.4 Å². The predicted octanol–water partition coefficient (Wildman–Crippen LogP) is 3.01. The topological polar surface area (TPSA) is 72.2 Å². The van der Waals surface area contributed by atoms with Gasteiger partial charge < -0.3 is 5.73 Å². The van der Waals surface area contributed by atoms with Gasteiger partial charge in [-0.25, -0.2) is 13.1 Å².